The molecule has 0 atom stereocenters. The van der Waals surface area contributed by atoms with Crippen LogP contribution >= 0.6 is 10.7 Å². The average Bonchev–Trinajstić information content (AvgIpc) is 2.14. The molecule has 0 aliphatic carbocycles. The van der Waals surface area contributed by atoms with Crippen LogP contribution in [0.25, 0.3) is 0 Å². The van der Waals surface area contributed by atoms with Crippen LogP contribution in [0, 0.1) is 0 Å². The Morgan fingerprint density at radius 3 is 2.86 bits per heavy atom. The third-order valence-electron chi connectivity index (χ3n) is 1.65. The second-order valence-corrected chi connectivity index (χ2v) is 5.54. The normalized spacial score (nSPS) is 11.3. The Hall–Kier alpha value is -0.810. The van der Waals surface area contributed by atoms with Crippen molar-refractivity contribution < 1.29 is 13.2 Å². The predicted octanol–water partition coefficient (Wildman–Crippen LogP) is 1.20. The molecule has 0 bridgehead atoms. The highest BCUT2D eigenvalue weighted by atomic mass is 35.7. The number of methoxy groups -OCH3 is 1. The minimum Gasteiger partial charge on any atom is -0.495 e. The molecule has 0 radical (unpaired) electrons. The van der Waals surface area contributed by atoms with E-state index in [4.69, 9.17) is 15.4 Å². The van der Waals surface area contributed by atoms with Crippen molar-refractivity contribution in [3.05, 3.63) is 24.0 Å². The summed E-state index contributed by atoms with van der Waals surface area (Å²) in [7, 11) is 3.12. The zero-order valence-electron chi connectivity index (χ0n) is 7.60. The molecule has 4 nitrogen and oxygen atoms in total. The Balaban J connectivity index is 2.76. The first kappa shape index (κ1) is 11.3. The molecule has 0 spiro atoms. The summed E-state index contributed by atoms with van der Waals surface area (Å²) in [5.74, 6) is 0.440. The van der Waals surface area contributed by atoms with Crippen molar-refractivity contribution in [3.8, 4) is 5.75 Å². The van der Waals surface area contributed by atoms with Crippen molar-refractivity contribution in [1.82, 2.24) is 4.98 Å². The van der Waals surface area contributed by atoms with Crippen molar-refractivity contribution in [2.24, 2.45) is 0 Å². The van der Waals surface area contributed by atoms with E-state index in [9.17, 15) is 8.42 Å². The van der Waals surface area contributed by atoms with Crippen molar-refractivity contribution in [3.63, 3.8) is 0 Å². The molecule has 14 heavy (non-hydrogen) atoms. The van der Waals surface area contributed by atoms with Crippen LogP contribution in [0.4, 0.5) is 0 Å². The molecule has 0 fully saturated rings. The fourth-order valence-electron chi connectivity index (χ4n) is 1.02. The van der Waals surface area contributed by atoms with Gasteiger partial charge >= 0.3 is 0 Å². The van der Waals surface area contributed by atoms with Gasteiger partial charge in [-0.1, -0.05) is 0 Å². The topological polar surface area (TPSA) is 56.3 Å². The maximum Gasteiger partial charge on any atom is 0.232 e. The van der Waals surface area contributed by atoms with Gasteiger partial charge in [-0.05, 0) is 12.1 Å². The minimum absolute atomic E-state index is 0.137. The monoisotopic (exact) mass is 235 g/mol. The van der Waals surface area contributed by atoms with E-state index in [1.54, 1.807) is 18.3 Å². The van der Waals surface area contributed by atoms with E-state index in [-0.39, 0.29) is 12.2 Å². The number of rotatable bonds is 4. The molecule has 1 rings (SSSR count). The summed E-state index contributed by atoms with van der Waals surface area (Å²) in [5.41, 5.74) is 0.597. The number of aryl methyl sites for hydroxylation is 1. The first-order valence-corrected chi connectivity index (χ1v) is 6.41. The molecule has 0 aromatic carbocycles. The van der Waals surface area contributed by atoms with Gasteiger partial charge in [0.1, 0.15) is 5.75 Å². The van der Waals surface area contributed by atoms with Gasteiger partial charge in [0.15, 0.2) is 0 Å². The van der Waals surface area contributed by atoms with Crippen molar-refractivity contribution in [2.75, 3.05) is 12.9 Å². The van der Waals surface area contributed by atoms with E-state index >= 15 is 0 Å². The average molecular weight is 236 g/mol. The summed E-state index contributed by atoms with van der Waals surface area (Å²) in [6, 6.07) is 3.45. The Morgan fingerprint density at radius 1 is 1.57 bits per heavy atom. The largest absolute Gasteiger partial charge is 0.495 e. The van der Waals surface area contributed by atoms with E-state index in [1.165, 1.54) is 7.11 Å². The molecular weight excluding hydrogens is 226 g/mol. The van der Waals surface area contributed by atoms with Gasteiger partial charge in [0.25, 0.3) is 0 Å². The lowest BCUT2D eigenvalue weighted by molar-refractivity contribution is 0.407. The lowest BCUT2D eigenvalue weighted by Gasteiger charge is -2.04. The van der Waals surface area contributed by atoms with Crippen LogP contribution in [0.3, 0.4) is 0 Å². The van der Waals surface area contributed by atoms with E-state index < -0.39 is 9.05 Å². The van der Waals surface area contributed by atoms with E-state index in [0.717, 1.165) is 0 Å². The number of aromatic nitrogens is 1. The van der Waals surface area contributed by atoms with Crippen LogP contribution in [-0.4, -0.2) is 26.3 Å². The van der Waals surface area contributed by atoms with Gasteiger partial charge in [-0.3, -0.25) is 4.98 Å². The second-order valence-electron chi connectivity index (χ2n) is 2.65. The van der Waals surface area contributed by atoms with Crippen LogP contribution in [0.5, 0.6) is 5.75 Å². The van der Waals surface area contributed by atoms with Gasteiger partial charge < -0.3 is 4.74 Å². The molecule has 0 saturated carbocycles. The molecule has 78 valence electrons. The summed E-state index contributed by atoms with van der Waals surface area (Å²) < 4.78 is 26.4. The highest BCUT2D eigenvalue weighted by Crippen LogP contribution is 2.15. The predicted molar refractivity (Wildman–Crippen MR) is 54.1 cm³/mol. The zero-order valence-corrected chi connectivity index (χ0v) is 9.18. The van der Waals surface area contributed by atoms with Crippen LogP contribution in [-0.2, 0) is 15.5 Å². The molecule has 0 unspecified atom stereocenters. The summed E-state index contributed by atoms with van der Waals surface area (Å²) in [6.45, 7) is 0. The fraction of sp³-hybridized carbons (Fsp3) is 0.375. The van der Waals surface area contributed by atoms with Gasteiger partial charge in [-0.15, -0.1) is 0 Å². The van der Waals surface area contributed by atoms with Gasteiger partial charge in [-0.2, -0.15) is 0 Å². The molecule has 1 aromatic heterocycles. The Morgan fingerprint density at radius 2 is 2.29 bits per heavy atom. The van der Waals surface area contributed by atoms with Crippen molar-refractivity contribution in [2.45, 2.75) is 6.42 Å². The summed E-state index contributed by atoms with van der Waals surface area (Å²) in [6.07, 6.45) is 1.84. The van der Waals surface area contributed by atoms with Gasteiger partial charge in [0.05, 0.1) is 18.6 Å². The lowest BCUT2D eigenvalue weighted by atomic mass is 10.3. The van der Waals surface area contributed by atoms with E-state index in [1.807, 2.05) is 0 Å². The quantitative estimate of drug-likeness (QED) is 0.736. The molecule has 0 N–H and O–H groups in total. The van der Waals surface area contributed by atoms with Crippen LogP contribution < -0.4 is 4.74 Å². The van der Waals surface area contributed by atoms with Gasteiger partial charge in [0.2, 0.25) is 9.05 Å². The maximum atomic E-state index is 10.7. The first-order valence-electron chi connectivity index (χ1n) is 3.93. The van der Waals surface area contributed by atoms with Crippen LogP contribution in [0.2, 0.25) is 0 Å². The Kier molecular flexibility index (Phi) is 3.71. The Bertz CT molecular complexity index is 405. The number of hydrogen-bond donors (Lipinski definition) is 0. The number of nitrogens with zero attached hydrogens (tertiary/aromatic N) is 1. The molecule has 0 aliphatic rings. The van der Waals surface area contributed by atoms with Crippen molar-refractivity contribution >= 4 is 19.7 Å². The molecule has 0 saturated heterocycles. The first-order chi connectivity index (χ1) is 6.53. The highest BCUT2D eigenvalue weighted by Gasteiger charge is 2.09. The molecule has 0 aliphatic heterocycles. The second kappa shape index (κ2) is 4.61. The van der Waals surface area contributed by atoms with Crippen LogP contribution in [0.15, 0.2) is 18.3 Å². The number of hydrogen-bond acceptors (Lipinski definition) is 4. The SMILES string of the molecule is COc1cccnc1CCS(=O)(=O)Cl. The minimum atomic E-state index is -3.47. The van der Waals surface area contributed by atoms with Gasteiger partial charge in [-0.25, -0.2) is 8.42 Å². The number of ether oxygens (including phenoxy) is 1. The maximum absolute atomic E-state index is 10.7. The smallest absolute Gasteiger partial charge is 0.232 e. The van der Waals surface area contributed by atoms with Crippen molar-refractivity contribution in [1.29, 1.82) is 0 Å². The molecule has 0 amide bonds. The molecule has 6 heteroatoms. The highest BCUT2D eigenvalue weighted by molar-refractivity contribution is 8.13. The standard InChI is InChI=1S/C8H10ClNO3S/c1-13-8-3-2-5-10-7(8)4-6-14(9,11)12/h2-3,5H,4,6H2,1H3. The zero-order chi connectivity index (χ0) is 10.6. The third kappa shape index (κ3) is 3.51. The molecule has 1 aromatic rings. The van der Waals surface area contributed by atoms with Crippen LogP contribution in [0.1, 0.15) is 5.69 Å². The number of pyridine rings is 1. The Labute approximate surface area is 87.3 Å². The summed E-state index contributed by atoms with van der Waals surface area (Å²) >= 11 is 0. The third-order valence-corrected chi connectivity index (χ3v) is 2.81. The van der Waals surface area contributed by atoms with E-state index in [0.29, 0.717) is 11.4 Å². The molecular formula is C8H10ClNO3S. The number of halogens is 1. The fourth-order valence-corrected chi connectivity index (χ4v) is 1.68. The van der Waals surface area contributed by atoms with Gasteiger partial charge in [0, 0.05) is 23.3 Å². The summed E-state index contributed by atoms with van der Waals surface area (Å²) in [4.78, 5) is 4.00. The summed E-state index contributed by atoms with van der Waals surface area (Å²) in [5, 5.41) is 0. The molecule has 1 heterocycles. The lowest BCUT2D eigenvalue weighted by Crippen LogP contribution is -2.04. The van der Waals surface area contributed by atoms with E-state index in [2.05, 4.69) is 4.98 Å².